The molecule has 0 aromatic heterocycles. The van der Waals surface area contributed by atoms with E-state index in [0.29, 0.717) is 6.42 Å². The Bertz CT molecular complexity index is 73.3. The van der Waals surface area contributed by atoms with Gasteiger partial charge in [-0.25, -0.2) is 4.39 Å². The van der Waals surface area contributed by atoms with Crippen molar-refractivity contribution < 1.29 is 4.39 Å². The normalized spacial score (nSPS) is 13.1. The maximum atomic E-state index is 12.3. The van der Waals surface area contributed by atoms with Gasteiger partial charge in [-0.15, -0.1) is 6.58 Å². The van der Waals surface area contributed by atoms with Crippen LogP contribution in [0.1, 0.15) is 19.3 Å². The molecule has 1 atom stereocenters. The summed E-state index contributed by atoms with van der Waals surface area (Å²) in [5.41, 5.74) is 5.05. The second-order valence-corrected chi connectivity index (χ2v) is 2.05. The quantitative estimate of drug-likeness (QED) is 0.445. The molecule has 0 bridgehead atoms. The molecule has 0 spiro atoms. The maximum absolute atomic E-state index is 12.3. The molecule has 0 aromatic carbocycles. The van der Waals surface area contributed by atoms with Crippen LogP contribution in [-0.2, 0) is 0 Å². The van der Waals surface area contributed by atoms with E-state index in [-0.39, 0.29) is 6.54 Å². The SMILES string of the molecule is C=CCCC[C@@H](F)CN. The third-order valence-electron chi connectivity index (χ3n) is 1.18. The first-order valence-electron chi connectivity index (χ1n) is 3.26. The van der Waals surface area contributed by atoms with Gasteiger partial charge in [0.1, 0.15) is 6.17 Å². The zero-order valence-electron chi connectivity index (χ0n) is 5.65. The van der Waals surface area contributed by atoms with Crippen molar-refractivity contribution in [2.75, 3.05) is 6.54 Å². The minimum absolute atomic E-state index is 0.150. The second kappa shape index (κ2) is 5.76. The van der Waals surface area contributed by atoms with Gasteiger partial charge in [0.25, 0.3) is 0 Å². The molecule has 0 aliphatic carbocycles. The highest BCUT2D eigenvalue weighted by Crippen LogP contribution is 2.02. The predicted octanol–water partition coefficient (Wildman–Crippen LogP) is 1.64. The fourth-order valence-electron chi connectivity index (χ4n) is 0.602. The average Bonchev–Trinajstić information content (AvgIpc) is 1.89. The molecule has 0 unspecified atom stereocenters. The molecule has 0 aromatic rings. The summed E-state index contributed by atoms with van der Waals surface area (Å²) in [5.74, 6) is 0. The molecule has 2 N–H and O–H groups in total. The fourth-order valence-corrected chi connectivity index (χ4v) is 0.602. The van der Waals surface area contributed by atoms with E-state index in [1.54, 1.807) is 6.08 Å². The van der Waals surface area contributed by atoms with Crippen molar-refractivity contribution in [3.8, 4) is 0 Å². The van der Waals surface area contributed by atoms with Crippen LogP contribution >= 0.6 is 0 Å². The van der Waals surface area contributed by atoms with Gasteiger partial charge in [0, 0.05) is 6.54 Å². The molecule has 0 amide bonds. The Morgan fingerprint density at radius 1 is 1.67 bits per heavy atom. The Morgan fingerprint density at radius 3 is 2.78 bits per heavy atom. The molecule has 0 saturated carbocycles. The molecule has 54 valence electrons. The molecule has 0 fully saturated rings. The van der Waals surface area contributed by atoms with Gasteiger partial charge >= 0.3 is 0 Å². The van der Waals surface area contributed by atoms with Crippen molar-refractivity contribution in [2.24, 2.45) is 5.73 Å². The van der Waals surface area contributed by atoms with E-state index in [4.69, 9.17) is 5.73 Å². The third-order valence-corrected chi connectivity index (χ3v) is 1.18. The van der Waals surface area contributed by atoms with Crippen LogP contribution in [-0.4, -0.2) is 12.7 Å². The first-order chi connectivity index (χ1) is 4.31. The largest absolute Gasteiger partial charge is 0.328 e. The lowest BCUT2D eigenvalue weighted by molar-refractivity contribution is 0.317. The molecular formula is C7H14FN. The van der Waals surface area contributed by atoms with Crippen molar-refractivity contribution >= 4 is 0 Å². The second-order valence-electron chi connectivity index (χ2n) is 2.05. The lowest BCUT2D eigenvalue weighted by atomic mass is 10.2. The minimum Gasteiger partial charge on any atom is -0.328 e. The number of rotatable bonds is 5. The van der Waals surface area contributed by atoms with Crippen molar-refractivity contribution in [3.05, 3.63) is 12.7 Å². The van der Waals surface area contributed by atoms with Crippen LogP contribution in [0, 0.1) is 0 Å². The van der Waals surface area contributed by atoms with Crippen LogP contribution in [0.25, 0.3) is 0 Å². The van der Waals surface area contributed by atoms with E-state index in [1.165, 1.54) is 0 Å². The summed E-state index contributed by atoms with van der Waals surface area (Å²) in [6, 6.07) is 0. The Labute approximate surface area is 55.7 Å². The Morgan fingerprint density at radius 2 is 2.33 bits per heavy atom. The van der Waals surface area contributed by atoms with E-state index < -0.39 is 6.17 Å². The summed E-state index contributed by atoms with van der Waals surface area (Å²) in [6.45, 7) is 3.68. The van der Waals surface area contributed by atoms with Crippen molar-refractivity contribution in [3.63, 3.8) is 0 Å². The first-order valence-corrected chi connectivity index (χ1v) is 3.26. The fraction of sp³-hybridized carbons (Fsp3) is 0.714. The molecular weight excluding hydrogens is 117 g/mol. The van der Waals surface area contributed by atoms with Crippen molar-refractivity contribution in [2.45, 2.75) is 25.4 Å². The lowest BCUT2D eigenvalue weighted by Crippen LogP contribution is -2.14. The summed E-state index contributed by atoms with van der Waals surface area (Å²) in [6.07, 6.45) is 3.30. The topological polar surface area (TPSA) is 26.0 Å². The van der Waals surface area contributed by atoms with Gasteiger partial charge in [0.2, 0.25) is 0 Å². The summed E-state index contributed by atoms with van der Waals surface area (Å²) in [4.78, 5) is 0. The summed E-state index contributed by atoms with van der Waals surface area (Å²) < 4.78 is 12.3. The standard InChI is InChI=1S/C7H14FN/c1-2-3-4-5-7(8)6-9/h2,7H,1,3-6,9H2/t7-/m1/s1. The Balaban J connectivity index is 2.96. The first kappa shape index (κ1) is 8.63. The predicted molar refractivity (Wildman–Crippen MR) is 38.0 cm³/mol. The number of hydrogen-bond donors (Lipinski definition) is 1. The summed E-state index contributed by atoms with van der Waals surface area (Å²) in [7, 11) is 0. The Hall–Kier alpha value is -0.370. The minimum atomic E-state index is -0.815. The van der Waals surface area contributed by atoms with Gasteiger partial charge in [-0.3, -0.25) is 0 Å². The zero-order chi connectivity index (χ0) is 7.11. The molecule has 0 saturated heterocycles. The van der Waals surface area contributed by atoms with Crippen molar-refractivity contribution in [1.29, 1.82) is 0 Å². The summed E-state index contributed by atoms with van der Waals surface area (Å²) >= 11 is 0. The van der Waals surface area contributed by atoms with E-state index in [0.717, 1.165) is 12.8 Å². The number of unbranched alkanes of at least 4 members (excludes halogenated alkanes) is 1. The third kappa shape index (κ3) is 5.50. The van der Waals surface area contributed by atoms with Crippen LogP contribution in [0.15, 0.2) is 12.7 Å². The Kier molecular flexibility index (Phi) is 5.52. The summed E-state index contributed by atoms with van der Waals surface area (Å²) in [5, 5.41) is 0. The number of nitrogens with two attached hydrogens (primary N) is 1. The van der Waals surface area contributed by atoms with Crippen LogP contribution in [0.3, 0.4) is 0 Å². The van der Waals surface area contributed by atoms with E-state index in [1.807, 2.05) is 0 Å². The monoisotopic (exact) mass is 131 g/mol. The number of alkyl halides is 1. The smallest absolute Gasteiger partial charge is 0.112 e. The van der Waals surface area contributed by atoms with Gasteiger partial charge in [-0.2, -0.15) is 0 Å². The molecule has 0 aliphatic rings. The lowest BCUT2D eigenvalue weighted by Gasteiger charge is -2.01. The van der Waals surface area contributed by atoms with Gasteiger partial charge < -0.3 is 5.73 Å². The maximum Gasteiger partial charge on any atom is 0.112 e. The van der Waals surface area contributed by atoms with Gasteiger partial charge in [-0.05, 0) is 19.3 Å². The average molecular weight is 131 g/mol. The highest BCUT2D eigenvalue weighted by molar-refractivity contribution is 4.67. The van der Waals surface area contributed by atoms with Crippen LogP contribution in [0.5, 0.6) is 0 Å². The van der Waals surface area contributed by atoms with Crippen LogP contribution in [0.2, 0.25) is 0 Å². The van der Waals surface area contributed by atoms with Crippen LogP contribution in [0.4, 0.5) is 4.39 Å². The number of allylic oxidation sites excluding steroid dienone is 1. The zero-order valence-corrected chi connectivity index (χ0v) is 5.65. The molecule has 9 heavy (non-hydrogen) atoms. The molecule has 0 rings (SSSR count). The molecule has 0 heterocycles. The number of halogens is 1. The van der Waals surface area contributed by atoms with E-state index in [9.17, 15) is 4.39 Å². The van der Waals surface area contributed by atoms with Crippen LogP contribution < -0.4 is 5.73 Å². The highest BCUT2D eigenvalue weighted by Gasteiger charge is 2.00. The van der Waals surface area contributed by atoms with Gasteiger partial charge in [0.05, 0.1) is 0 Å². The molecule has 2 heteroatoms. The van der Waals surface area contributed by atoms with Gasteiger partial charge in [0.15, 0.2) is 0 Å². The molecule has 0 radical (unpaired) electrons. The van der Waals surface area contributed by atoms with Gasteiger partial charge in [-0.1, -0.05) is 6.08 Å². The highest BCUT2D eigenvalue weighted by atomic mass is 19.1. The number of hydrogen-bond acceptors (Lipinski definition) is 1. The molecule has 0 aliphatic heterocycles. The molecule has 1 nitrogen and oxygen atoms in total. The van der Waals surface area contributed by atoms with E-state index in [2.05, 4.69) is 6.58 Å². The van der Waals surface area contributed by atoms with Crippen molar-refractivity contribution in [1.82, 2.24) is 0 Å². The van der Waals surface area contributed by atoms with E-state index >= 15 is 0 Å².